The molecule has 24 heavy (non-hydrogen) atoms. The summed E-state index contributed by atoms with van der Waals surface area (Å²) >= 11 is 1.87. The number of aromatic nitrogens is 1. The van der Waals surface area contributed by atoms with Crippen molar-refractivity contribution < 1.29 is 0 Å². The summed E-state index contributed by atoms with van der Waals surface area (Å²) < 4.78 is 0. The second kappa shape index (κ2) is 7.49. The van der Waals surface area contributed by atoms with Crippen LogP contribution in [0, 0.1) is 5.92 Å². The van der Waals surface area contributed by atoms with E-state index >= 15 is 0 Å². The number of hydrogen-bond donors (Lipinski definition) is 0. The summed E-state index contributed by atoms with van der Waals surface area (Å²) in [7, 11) is 0. The van der Waals surface area contributed by atoms with E-state index in [9.17, 15) is 0 Å². The van der Waals surface area contributed by atoms with Gasteiger partial charge in [0.2, 0.25) is 0 Å². The van der Waals surface area contributed by atoms with Gasteiger partial charge in [-0.05, 0) is 54.3 Å². The lowest BCUT2D eigenvalue weighted by Crippen LogP contribution is -2.48. The van der Waals surface area contributed by atoms with Crippen molar-refractivity contribution >= 4 is 22.7 Å². The maximum absolute atomic E-state index is 4.48. The van der Waals surface area contributed by atoms with Crippen LogP contribution in [0.5, 0.6) is 0 Å². The van der Waals surface area contributed by atoms with Crippen LogP contribution in [0.2, 0.25) is 0 Å². The van der Waals surface area contributed by atoms with Gasteiger partial charge in [-0.3, -0.25) is 4.90 Å². The molecule has 0 saturated carbocycles. The highest BCUT2D eigenvalue weighted by Gasteiger charge is 2.22. The Morgan fingerprint density at radius 1 is 1.08 bits per heavy atom. The van der Waals surface area contributed by atoms with Crippen LogP contribution < -0.4 is 4.90 Å². The van der Waals surface area contributed by atoms with Crippen molar-refractivity contribution in [3.63, 3.8) is 0 Å². The summed E-state index contributed by atoms with van der Waals surface area (Å²) in [6.07, 6.45) is 8.21. The maximum Gasteiger partial charge on any atom is 0.128 e. The van der Waals surface area contributed by atoms with Gasteiger partial charge in [0.05, 0.1) is 0 Å². The fourth-order valence-corrected chi connectivity index (χ4v) is 4.60. The predicted molar refractivity (Wildman–Crippen MR) is 103 cm³/mol. The molecule has 4 rings (SSSR count). The lowest BCUT2D eigenvalue weighted by atomic mass is 9.88. The van der Waals surface area contributed by atoms with E-state index in [4.69, 9.17) is 0 Å². The molecule has 2 aromatic heterocycles. The van der Waals surface area contributed by atoms with E-state index in [-0.39, 0.29) is 0 Å². The molecule has 0 N–H and O–H groups in total. The number of pyridine rings is 1. The number of hydrogen-bond acceptors (Lipinski definition) is 4. The molecule has 4 heteroatoms. The van der Waals surface area contributed by atoms with Crippen molar-refractivity contribution in [1.29, 1.82) is 0 Å². The minimum Gasteiger partial charge on any atom is -0.354 e. The fourth-order valence-electron chi connectivity index (χ4n) is 3.80. The van der Waals surface area contributed by atoms with Crippen molar-refractivity contribution in [3.8, 4) is 0 Å². The largest absolute Gasteiger partial charge is 0.354 e. The van der Waals surface area contributed by atoms with Crippen LogP contribution in [-0.4, -0.2) is 42.6 Å². The molecule has 0 bridgehead atoms. The minimum absolute atomic E-state index is 0.829. The normalized spacial score (nSPS) is 22.4. The first-order chi connectivity index (χ1) is 11.9. The number of nitrogens with zero attached hydrogens (tertiary/aromatic N) is 3. The Kier molecular flexibility index (Phi) is 4.95. The van der Waals surface area contributed by atoms with Gasteiger partial charge < -0.3 is 4.90 Å². The maximum atomic E-state index is 4.48. The van der Waals surface area contributed by atoms with Gasteiger partial charge in [0, 0.05) is 43.8 Å². The third-order valence-electron chi connectivity index (χ3n) is 5.22. The third kappa shape index (κ3) is 3.70. The molecule has 126 valence electrons. The van der Waals surface area contributed by atoms with E-state index in [0.717, 1.165) is 37.9 Å². The quantitative estimate of drug-likeness (QED) is 0.834. The Bertz CT molecular complexity index is 657. The predicted octanol–water partition coefficient (Wildman–Crippen LogP) is 4.15. The highest BCUT2D eigenvalue weighted by Crippen LogP contribution is 2.32. The first-order valence-electron chi connectivity index (χ1n) is 9.00. The standard InChI is InChI=1S/C20H25N3S/c1-2-10-21-20(5-1)23-13-11-22(12-14-23)16-17-6-8-18(9-7-17)19-4-3-15-24-19/h1-5,8,10,15,17H,6-7,9,11-14,16H2. The highest BCUT2D eigenvalue weighted by atomic mass is 32.1. The van der Waals surface area contributed by atoms with Gasteiger partial charge in [-0.25, -0.2) is 4.98 Å². The molecule has 0 spiro atoms. The van der Waals surface area contributed by atoms with Crippen LogP contribution in [0.15, 0.2) is 48.0 Å². The smallest absolute Gasteiger partial charge is 0.128 e. The average molecular weight is 340 g/mol. The second-order valence-corrected chi connectivity index (χ2v) is 7.77. The Hall–Kier alpha value is -1.65. The summed E-state index contributed by atoms with van der Waals surface area (Å²) in [5.74, 6) is 1.95. The molecule has 1 fully saturated rings. The van der Waals surface area contributed by atoms with E-state index in [0.29, 0.717) is 0 Å². The zero-order valence-electron chi connectivity index (χ0n) is 14.1. The summed E-state index contributed by atoms with van der Waals surface area (Å²) in [5.41, 5.74) is 1.57. The molecular formula is C20H25N3S. The molecular weight excluding hydrogens is 314 g/mol. The van der Waals surface area contributed by atoms with Gasteiger partial charge in [-0.2, -0.15) is 0 Å². The lowest BCUT2D eigenvalue weighted by Gasteiger charge is -2.37. The zero-order valence-corrected chi connectivity index (χ0v) is 14.9. The molecule has 2 aromatic rings. The van der Waals surface area contributed by atoms with Gasteiger partial charge in [-0.1, -0.05) is 18.2 Å². The summed E-state index contributed by atoms with van der Waals surface area (Å²) in [5, 5.41) is 2.18. The Labute approximate surface area is 148 Å². The van der Waals surface area contributed by atoms with Crippen LogP contribution in [0.1, 0.15) is 24.1 Å². The zero-order chi connectivity index (χ0) is 16.2. The van der Waals surface area contributed by atoms with Crippen molar-refractivity contribution in [2.45, 2.75) is 19.3 Å². The number of piperazine rings is 1. The number of anilines is 1. The summed E-state index contributed by atoms with van der Waals surface area (Å²) in [6.45, 7) is 5.77. The van der Waals surface area contributed by atoms with E-state index in [1.54, 1.807) is 5.57 Å². The van der Waals surface area contributed by atoms with Crippen LogP contribution >= 0.6 is 11.3 Å². The topological polar surface area (TPSA) is 19.4 Å². The summed E-state index contributed by atoms with van der Waals surface area (Å²) in [4.78, 5) is 11.0. The van der Waals surface area contributed by atoms with E-state index in [1.807, 2.05) is 23.6 Å². The molecule has 1 aliphatic heterocycles. The van der Waals surface area contributed by atoms with E-state index in [1.165, 1.54) is 30.7 Å². The van der Waals surface area contributed by atoms with Crippen molar-refractivity contribution in [3.05, 3.63) is 52.9 Å². The van der Waals surface area contributed by atoms with Crippen LogP contribution in [0.4, 0.5) is 5.82 Å². The van der Waals surface area contributed by atoms with Crippen LogP contribution in [0.25, 0.3) is 5.57 Å². The minimum atomic E-state index is 0.829. The number of rotatable bonds is 4. The van der Waals surface area contributed by atoms with Crippen molar-refractivity contribution in [2.24, 2.45) is 5.92 Å². The van der Waals surface area contributed by atoms with E-state index < -0.39 is 0 Å². The molecule has 3 heterocycles. The molecule has 1 aliphatic carbocycles. The first-order valence-corrected chi connectivity index (χ1v) is 9.88. The molecule has 0 radical (unpaired) electrons. The highest BCUT2D eigenvalue weighted by molar-refractivity contribution is 7.11. The van der Waals surface area contributed by atoms with Gasteiger partial charge >= 0.3 is 0 Å². The average Bonchev–Trinajstić information content (AvgIpc) is 3.18. The van der Waals surface area contributed by atoms with Gasteiger partial charge in [0.15, 0.2) is 0 Å². The van der Waals surface area contributed by atoms with Gasteiger partial charge in [0.25, 0.3) is 0 Å². The SMILES string of the molecule is C1=C(c2cccs2)CCC(CN2CCN(c3ccccn3)CC2)C1. The second-order valence-electron chi connectivity index (χ2n) is 6.82. The molecule has 0 aromatic carbocycles. The molecule has 1 unspecified atom stereocenters. The Balaban J connectivity index is 1.26. The van der Waals surface area contributed by atoms with Crippen molar-refractivity contribution in [2.75, 3.05) is 37.6 Å². The Morgan fingerprint density at radius 2 is 2.00 bits per heavy atom. The molecule has 1 atom stereocenters. The molecule has 3 nitrogen and oxygen atoms in total. The third-order valence-corrected chi connectivity index (χ3v) is 6.16. The van der Waals surface area contributed by atoms with Gasteiger partial charge in [-0.15, -0.1) is 11.3 Å². The number of thiophene rings is 1. The first kappa shape index (κ1) is 15.9. The van der Waals surface area contributed by atoms with E-state index in [2.05, 4.69) is 50.5 Å². The Morgan fingerprint density at radius 3 is 2.67 bits per heavy atom. The van der Waals surface area contributed by atoms with Crippen LogP contribution in [-0.2, 0) is 0 Å². The molecule has 2 aliphatic rings. The van der Waals surface area contributed by atoms with Crippen molar-refractivity contribution in [1.82, 2.24) is 9.88 Å². The van der Waals surface area contributed by atoms with Gasteiger partial charge in [0.1, 0.15) is 5.82 Å². The molecule has 1 saturated heterocycles. The molecule has 0 amide bonds. The number of allylic oxidation sites excluding steroid dienone is 2. The lowest BCUT2D eigenvalue weighted by molar-refractivity contribution is 0.212. The fraction of sp³-hybridized carbons (Fsp3) is 0.450. The summed E-state index contributed by atoms with van der Waals surface area (Å²) in [6, 6.07) is 10.6. The monoisotopic (exact) mass is 339 g/mol. The van der Waals surface area contributed by atoms with Crippen LogP contribution in [0.3, 0.4) is 0 Å².